The van der Waals surface area contributed by atoms with Crippen LogP contribution in [0.1, 0.15) is 29.7 Å². The average Bonchev–Trinajstić information content (AvgIpc) is 2.96. The minimum absolute atomic E-state index is 0.0822. The number of primary sulfonamides is 1. The third-order valence-corrected chi connectivity index (χ3v) is 5.88. The van der Waals surface area contributed by atoms with Crippen molar-refractivity contribution in [3.63, 3.8) is 0 Å². The van der Waals surface area contributed by atoms with Gasteiger partial charge in [-0.2, -0.15) is 0 Å². The molecule has 0 amide bonds. The number of hydrogen-bond donors (Lipinski definition) is 2. The van der Waals surface area contributed by atoms with Crippen LogP contribution in [0.5, 0.6) is 0 Å². The Labute approximate surface area is 154 Å². The Hall–Kier alpha value is -2.49. The molecular weight excluding hydrogens is 373 g/mol. The Morgan fingerprint density at radius 2 is 2.11 bits per heavy atom. The lowest BCUT2D eigenvalue weighted by molar-refractivity contribution is 0.484. The fourth-order valence-electron chi connectivity index (χ4n) is 3.68. The fraction of sp³-hybridized carbons (Fsp3) is 0.278. The van der Waals surface area contributed by atoms with Crippen molar-refractivity contribution in [1.29, 1.82) is 0 Å². The molecule has 1 atom stereocenters. The molecule has 27 heavy (non-hydrogen) atoms. The lowest BCUT2D eigenvalue weighted by Crippen LogP contribution is -2.27. The highest BCUT2D eigenvalue weighted by Crippen LogP contribution is 2.30. The number of nitrogens with one attached hydrogen (secondary N) is 1. The number of benzene rings is 2. The molecule has 7 nitrogen and oxygen atoms in total. The minimum atomic E-state index is -4.12. The van der Waals surface area contributed by atoms with Crippen LogP contribution in [-0.2, 0) is 23.0 Å². The quantitative estimate of drug-likeness (QED) is 0.706. The molecule has 4 rings (SSSR count). The summed E-state index contributed by atoms with van der Waals surface area (Å²) in [7, 11) is -4.12. The third-order valence-electron chi connectivity index (χ3n) is 4.98. The molecule has 0 spiro atoms. The van der Waals surface area contributed by atoms with Gasteiger partial charge >= 0.3 is 5.76 Å². The summed E-state index contributed by atoms with van der Waals surface area (Å²) in [5.74, 6) is -1.64. The van der Waals surface area contributed by atoms with E-state index < -0.39 is 32.5 Å². The number of fused-ring (bicyclic) bond motifs is 2. The van der Waals surface area contributed by atoms with Crippen LogP contribution in [0.3, 0.4) is 0 Å². The molecule has 0 aliphatic carbocycles. The van der Waals surface area contributed by atoms with E-state index in [1.165, 1.54) is 10.1 Å². The summed E-state index contributed by atoms with van der Waals surface area (Å²) in [6.07, 6.45) is 0.878. The molecule has 1 aliphatic rings. The zero-order valence-corrected chi connectivity index (χ0v) is 15.3. The first-order valence-electron chi connectivity index (χ1n) is 8.46. The van der Waals surface area contributed by atoms with Crippen molar-refractivity contribution < 1.29 is 17.2 Å². The van der Waals surface area contributed by atoms with Gasteiger partial charge in [0.05, 0.1) is 10.9 Å². The Morgan fingerprint density at radius 3 is 2.85 bits per heavy atom. The van der Waals surface area contributed by atoms with Crippen LogP contribution in [0.25, 0.3) is 11.1 Å². The first-order valence-corrected chi connectivity index (χ1v) is 10.0. The van der Waals surface area contributed by atoms with Crippen LogP contribution >= 0.6 is 0 Å². The summed E-state index contributed by atoms with van der Waals surface area (Å²) in [6, 6.07) is 7.24. The lowest BCUT2D eigenvalue weighted by Gasteiger charge is -2.24. The molecular formula is C18H18FN3O4S. The molecule has 0 saturated heterocycles. The van der Waals surface area contributed by atoms with E-state index in [1.54, 1.807) is 6.92 Å². The Kier molecular flexibility index (Phi) is 4.17. The lowest BCUT2D eigenvalue weighted by atomic mass is 9.92. The summed E-state index contributed by atoms with van der Waals surface area (Å²) in [5.41, 5.74) is 2.93. The summed E-state index contributed by atoms with van der Waals surface area (Å²) in [4.78, 5) is 12.0. The van der Waals surface area contributed by atoms with Crippen molar-refractivity contribution >= 4 is 21.1 Å². The summed E-state index contributed by atoms with van der Waals surface area (Å²) >= 11 is 0. The van der Waals surface area contributed by atoms with Crippen molar-refractivity contribution in [1.82, 2.24) is 9.88 Å². The van der Waals surface area contributed by atoms with Crippen LogP contribution in [0, 0.1) is 5.82 Å². The van der Waals surface area contributed by atoms with Crippen LogP contribution in [0.15, 0.2) is 44.4 Å². The van der Waals surface area contributed by atoms with Crippen LogP contribution in [0.4, 0.5) is 4.39 Å². The predicted molar refractivity (Wildman–Crippen MR) is 97.5 cm³/mol. The Bertz CT molecular complexity index is 1210. The van der Waals surface area contributed by atoms with Crippen molar-refractivity contribution in [2.45, 2.75) is 30.8 Å². The first-order chi connectivity index (χ1) is 12.8. The monoisotopic (exact) mass is 391 g/mol. The number of hydrogen-bond acceptors (Lipinski definition) is 5. The SMILES string of the molecule is C[C@@H](c1cccc2c1CNCC2)n1c(=O)oc2cc(S(N)(=O)=O)cc(F)c21. The number of rotatable bonds is 3. The molecule has 0 unspecified atom stereocenters. The molecule has 1 aromatic heterocycles. The van der Waals surface area contributed by atoms with E-state index in [-0.39, 0.29) is 11.1 Å². The molecule has 0 bridgehead atoms. The van der Waals surface area contributed by atoms with Gasteiger partial charge in [0.25, 0.3) is 0 Å². The van der Waals surface area contributed by atoms with E-state index in [0.29, 0.717) is 6.54 Å². The molecule has 9 heteroatoms. The molecule has 1 aliphatic heterocycles. The van der Waals surface area contributed by atoms with Gasteiger partial charge in [0.1, 0.15) is 5.52 Å². The van der Waals surface area contributed by atoms with Gasteiger partial charge in [-0.15, -0.1) is 0 Å². The van der Waals surface area contributed by atoms with Gasteiger partial charge in [0, 0.05) is 12.6 Å². The second-order valence-electron chi connectivity index (χ2n) is 6.62. The zero-order valence-electron chi connectivity index (χ0n) is 14.5. The summed E-state index contributed by atoms with van der Waals surface area (Å²) in [5, 5.41) is 8.36. The predicted octanol–water partition coefficient (Wildman–Crippen LogP) is 1.64. The number of halogens is 1. The first kappa shape index (κ1) is 17.9. The molecule has 3 aromatic rings. The third kappa shape index (κ3) is 2.97. The number of aromatic nitrogens is 1. The largest absolute Gasteiger partial charge is 0.420 e. The number of sulfonamides is 1. The van der Waals surface area contributed by atoms with Gasteiger partial charge in [-0.3, -0.25) is 4.57 Å². The maximum atomic E-state index is 14.7. The maximum Gasteiger partial charge on any atom is 0.420 e. The van der Waals surface area contributed by atoms with Crippen molar-refractivity contribution in [2.24, 2.45) is 5.14 Å². The van der Waals surface area contributed by atoms with Gasteiger partial charge < -0.3 is 9.73 Å². The minimum Gasteiger partial charge on any atom is -0.408 e. The van der Waals surface area contributed by atoms with Crippen molar-refractivity contribution in [2.75, 3.05) is 6.54 Å². The average molecular weight is 391 g/mol. The van der Waals surface area contributed by atoms with Gasteiger partial charge in [-0.1, -0.05) is 18.2 Å². The molecule has 142 valence electrons. The van der Waals surface area contributed by atoms with E-state index in [1.807, 2.05) is 18.2 Å². The second-order valence-corrected chi connectivity index (χ2v) is 8.18. The molecule has 2 heterocycles. The van der Waals surface area contributed by atoms with E-state index in [9.17, 15) is 17.6 Å². The fourth-order valence-corrected chi connectivity index (χ4v) is 4.22. The smallest absolute Gasteiger partial charge is 0.408 e. The zero-order chi connectivity index (χ0) is 19.3. The van der Waals surface area contributed by atoms with E-state index in [0.717, 1.165) is 36.2 Å². The van der Waals surface area contributed by atoms with E-state index in [2.05, 4.69) is 5.32 Å². The normalized spacial score (nSPS) is 15.7. The second kappa shape index (κ2) is 6.29. The number of nitrogens with two attached hydrogens (primary N) is 1. The maximum absolute atomic E-state index is 14.7. The van der Waals surface area contributed by atoms with Crippen LogP contribution in [-0.4, -0.2) is 19.5 Å². The number of nitrogens with zero attached hydrogens (tertiary/aromatic N) is 1. The molecule has 0 saturated carbocycles. The van der Waals surface area contributed by atoms with Crippen LogP contribution in [0.2, 0.25) is 0 Å². The van der Waals surface area contributed by atoms with Crippen molar-refractivity contribution in [3.8, 4) is 0 Å². The molecule has 0 fully saturated rings. The van der Waals surface area contributed by atoms with Gasteiger partial charge in [-0.05, 0) is 42.6 Å². The molecule has 3 N–H and O–H groups in total. The summed E-state index contributed by atoms with van der Waals surface area (Å²) < 4.78 is 44.1. The van der Waals surface area contributed by atoms with Gasteiger partial charge in [0.2, 0.25) is 10.0 Å². The number of oxazole rings is 1. The Morgan fingerprint density at radius 1 is 1.33 bits per heavy atom. The highest BCUT2D eigenvalue weighted by molar-refractivity contribution is 7.89. The van der Waals surface area contributed by atoms with Gasteiger partial charge in [0.15, 0.2) is 11.4 Å². The Balaban J connectivity index is 1.92. The van der Waals surface area contributed by atoms with E-state index >= 15 is 0 Å². The van der Waals surface area contributed by atoms with Gasteiger partial charge in [-0.25, -0.2) is 22.7 Å². The highest BCUT2D eigenvalue weighted by Gasteiger charge is 2.25. The molecule has 2 aromatic carbocycles. The summed E-state index contributed by atoms with van der Waals surface area (Å²) in [6.45, 7) is 3.33. The van der Waals surface area contributed by atoms with Crippen LogP contribution < -0.4 is 16.2 Å². The topological polar surface area (TPSA) is 107 Å². The van der Waals surface area contributed by atoms with E-state index in [4.69, 9.17) is 9.56 Å². The van der Waals surface area contributed by atoms with Crippen molar-refractivity contribution in [3.05, 3.63) is 63.4 Å². The highest BCUT2D eigenvalue weighted by atomic mass is 32.2. The molecule has 0 radical (unpaired) electrons. The standard InChI is InChI=1S/C18H18FN3O4S/c1-10(13-4-2-3-11-5-6-21-9-14(11)13)22-17-15(19)7-12(27(20,24)25)8-16(17)26-18(22)23/h2-4,7-8,10,21H,5-6,9H2,1H3,(H2,20,24,25)/t10-/m0/s1.